The molecule has 0 saturated carbocycles. The van der Waals surface area contributed by atoms with Gasteiger partial charge in [-0.15, -0.1) is 0 Å². The molecule has 1 aliphatic heterocycles. The Hall–Kier alpha value is -1.10. The zero-order chi connectivity index (χ0) is 9.30. The summed E-state index contributed by atoms with van der Waals surface area (Å²) in [6.45, 7) is 1.43. The fourth-order valence-electron chi connectivity index (χ4n) is 1.40. The van der Waals surface area contributed by atoms with E-state index in [4.69, 9.17) is 10.2 Å². The first-order valence-electron chi connectivity index (χ1n) is 3.70. The summed E-state index contributed by atoms with van der Waals surface area (Å²) in [4.78, 5) is 22.6. The number of likely N-dealkylation sites (tertiary alicyclic amines) is 1. The minimum atomic E-state index is -1.05. The molecule has 2 N–H and O–H groups in total. The number of carbonyl (C=O) groups excluding carboxylic acids is 1. The Morgan fingerprint density at radius 3 is 2.42 bits per heavy atom. The topological polar surface area (TPSA) is 77.8 Å². The number of aliphatic hydroxyl groups excluding tert-OH is 1. The Labute approximate surface area is 69.6 Å². The highest BCUT2D eigenvalue weighted by Gasteiger charge is 2.37. The maximum atomic E-state index is 10.9. The molecule has 0 aromatic rings. The van der Waals surface area contributed by atoms with E-state index in [-0.39, 0.29) is 18.9 Å². The van der Waals surface area contributed by atoms with Crippen LogP contribution in [0.1, 0.15) is 13.3 Å². The van der Waals surface area contributed by atoms with Gasteiger partial charge in [-0.25, -0.2) is 4.79 Å². The molecule has 0 spiro atoms. The van der Waals surface area contributed by atoms with E-state index in [0.717, 1.165) is 0 Å². The Kier molecular flexibility index (Phi) is 2.32. The number of carboxylic acids is 1. The lowest BCUT2D eigenvalue weighted by Crippen LogP contribution is -2.39. The molecule has 2 atom stereocenters. The summed E-state index contributed by atoms with van der Waals surface area (Å²) >= 11 is 0. The van der Waals surface area contributed by atoms with Gasteiger partial charge in [0.1, 0.15) is 6.04 Å². The van der Waals surface area contributed by atoms with Crippen LogP contribution in [0.4, 0.5) is 0 Å². The van der Waals surface area contributed by atoms with Crippen molar-refractivity contribution in [2.24, 2.45) is 0 Å². The van der Waals surface area contributed by atoms with Crippen molar-refractivity contribution in [1.82, 2.24) is 4.90 Å². The number of amides is 1. The molecule has 1 heterocycles. The summed E-state index contributed by atoms with van der Waals surface area (Å²) in [5.74, 6) is -1.36. The third-order valence-corrected chi connectivity index (χ3v) is 1.97. The minimum Gasteiger partial charge on any atom is -0.480 e. The summed E-state index contributed by atoms with van der Waals surface area (Å²) in [6.07, 6.45) is -0.565. The van der Waals surface area contributed by atoms with E-state index in [1.165, 1.54) is 11.8 Å². The molecular weight excluding hydrogens is 162 g/mol. The highest BCUT2D eigenvalue weighted by Crippen LogP contribution is 2.17. The number of rotatable bonds is 1. The van der Waals surface area contributed by atoms with Crippen LogP contribution in [0.5, 0.6) is 0 Å². The molecule has 1 aliphatic rings. The van der Waals surface area contributed by atoms with Crippen LogP contribution in [-0.2, 0) is 9.59 Å². The zero-order valence-corrected chi connectivity index (χ0v) is 6.73. The Bertz CT molecular complexity index is 193. The first-order chi connectivity index (χ1) is 5.52. The Balaban J connectivity index is 2.72. The number of hydrogen-bond donors (Lipinski definition) is 2. The van der Waals surface area contributed by atoms with Gasteiger partial charge in [0.05, 0.1) is 6.10 Å². The normalized spacial score (nSPS) is 29.0. The standard InChI is InChI=1S/C7H11NO4/c1-4(9)8-3-5(10)2-6(8)7(11)12/h5-6,10H,2-3H2,1H3,(H,11,12). The van der Waals surface area contributed by atoms with Crippen LogP contribution >= 0.6 is 0 Å². The summed E-state index contributed by atoms with van der Waals surface area (Å²) in [6, 6.07) is -0.850. The molecule has 68 valence electrons. The molecule has 0 aromatic carbocycles. The van der Waals surface area contributed by atoms with Gasteiger partial charge in [0.15, 0.2) is 0 Å². The van der Waals surface area contributed by atoms with Crippen molar-refractivity contribution < 1.29 is 19.8 Å². The van der Waals surface area contributed by atoms with Crippen molar-refractivity contribution in [1.29, 1.82) is 0 Å². The van der Waals surface area contributed by atoms with Gasteiger partial charge in [-0.05, 0) is 0 Å². The average Bonchev–Trinajstić information content (AvgIpc) is 2.31. The fourth-order valence-corrected chi connectivity index (χ4v) is 1.40. The molecule has 1 rings (SSSR count). The van der Waals surface area contributed by atoms with Crippen molar-refractivity contribution in [2.45, 2.75) is 25.5 Å². The molecule has 0 bridgehead atoms. The number of hydrogen-bond acceptors (Lipinski definition) is 3. The number of β-amino-alcohol motifs (C(OH)–C–C–N with tert-alkyl or cyclic N) is 1. The van der Waals surface area contributed by atoms with Gasteiger partial charge in [0.25, 0.3) is 0 Å². The van der Waals surface area contributed by atoms with Crippen molar-refractivity contribution in [3.05, 3.63) is 0 Å². The highest BCUT2D eigenvalue weighted by atomic mass is 16.4. The molecule has 1 saturated heterocycles. The second kappa shape index (κ2) is 3.10. The molecule has 5 heteroatoms. The number of aliphatic hydroxyl groups is 1. The summed E-state index contributed by atoms with van der Waals surface area (Å²) in [5, 5.41) is 17.8. The first kappa shape index (κ1) is 8.99. The van der Waals surface area contributed by atoms with E-state index in [9.17, 15) is 9.59 Å². The zero-order valence-electron chi connectivity index (χ0n) is 6.73. The molecule has 5 nitrogen and oxygen atoms in total. The lowest BCUT2D eigenvalue weighted by Gasteiger charge is -2.18. The van der Waals surface area contributed by atoms with Gasteiger partial charge in [0.2, 0.25) is 5.91 Å². The van der Waals surface area contributed by atoms with Gasteiger partial charge >= 0.3 is 5.97 Å². The third kappa shape index (κ3) is 1.55. The average molecular weight is 173 g/mol. The second-order valence-electron chi connectivity index (χ2n) is 2.91. The lowest BCUT2D eigenvalue weighted by atomic mass is 10.2. The van der Waals surface area contributed by atoms with Crippen molar-refractivity contribution >= 4 is 11.9 Å². The molecule has 1 amide bonds. The fraction of sp³-hybridized carbons (Fsp3) is 0.714. The quantitative estimate of drug-likeness (QED) is 0.536. The maximum Gasteiger partial charge on any atom is 0.326 e. The van der Waals surface area contributed by atoms with Crippen LogP contribution < -0.4 is 0 Å². The Morgan fingerprint density at radius 1 is 1.50 bits per heavy atom. The van der Waals surface area contributed by atoms with E-state index >= 15 is 0 Å². The smallest absolute Gasteiger partial charge is 0.326 e. The molecular formula is C7H11NO4. The molecule has 12 heavy (non-hydrogen) atoms. The van der Waals surface area contributed by atoms with Gasteiger partial charge in [-0.2, -0.15) is 0 Å². The first-order valence-corrected chi connectivity index (χ1v) is 3.70. The number of carbonyl (C=O) groups is 2. The predicted molar refractivity (Wildman–Crippen MR) is 39.4 cm³/mol. The van der Waals surface area contributed by atoms with E-state index in [0.29, 0.717) is 0 Å². The monoisotopic (exact) mass is 173 g/mol. The van der Waals surface area contributed by atoms with Crippen LogP contribution in [0.3, 0.4) is 0 Å². The van der Waals surface area contributed by atoms with E-state index < -0.39 is 18.1 Å². The van der Waals surface area contributed by atoms with Crippen LogP contribution in [0.15, 0.2) is 0 Å². The van der Waals surface area contributed by atoms with E-state index in [1.54, 1.807) is 0 Å². The lowest BCUT2D eigenvalue weighted by molar-refractivity contribution is -0.147. The van der Waals surface area contributed by atoms with Gasteiger partial charge < -0.3 is 15.1 Å². The predicted octanol–water partition coefficient (Wildman–Crippen LogP) is -0.947. The molecule has 1 fully saturated rings. The van der Waals surface area contributed by atoms with Crippen molar-refractivity contribution in [2.75, 3.05) is 6.54 Å². The van der Waals surface area contributed by atoms with Crippen molar-refractivity contribution in [3.8, 4) is 0 Å². The highest BCUT2D eigenvalue weighted by molar-refractivity contribution is 5.83. The maximum absolute atomic E-state index is 10.9. The molecule has 0 aliphatic carbocycles. The van der Waals surface area contributed by atoms with Crippen LogP contribution in [-0.4, -0.2) is 45.7 Å². The van der Waals surface area contributed by atoms with Crippen LogP contribution in [0, 0.1) is 0 Å². The summed E-state index contributed by atoms with van der Waals surface area (Å²) in [5.41, 5.74) is 0. The number of aliphatic carboxylic acids is 1. The number of carboxylic acid groups (broad SMARTS) is 1. The minimum absolute atomic E-state index is 0.131. The second-order valence-corrected chi connectivity index (χ2v) is 2.91. The van der Waals surface area contributed by atoms with E-state index in [1.807, 2.05) is 0 Å². The van der Waals surface area contributed by atoms with E-state index in [2.05, 4.69) is 0 Å². The van der Waals surface area contributed by atoms with Gasteiger partial charge in [-0.1, -0.05) is 0 Å². The third-order valence-electron chi connectivity index (χ3n) is 1.97. The van der Waals surface area contributed by atoms with Crippen molar-refractivity contribution in [3.63, 3.8) is 0 Å². The van der Waals surface area contributed by atoms with Gasteiger partial charge in [0, 0.05) is 19.9 Å². The SMILES string of the molecule is CC(=O)N1CC(O)CC1C(=O)O. The largest absolute Gasteiger partial charge is 0.480 e. The molecule has 0 radical (unpaired) electrons. The molecule has 2 unspecified atom stereocenters. The summed E-state index contributed by atoms with van der Waals surface area (Å²) < 4.78 is 0. The van der Waals surface area contributed by atoms with Crippen LogP contribution in [0.25, 0.3) is 0 Å². The number of nitrogens with zero attached hydrogens (tertiary/aromatic N) is 1. The molecule has 0 aromatic heterocycles. The van der Waals surface area contributed by atoms with Crippen LogP contribution in [0.2, 0.25) is 0 Å². The van der Waals surface area contributed by atoms with Gasteiger partial charge in [-0.3, -0.25) is 4.79 Å². The Morgan fingerprint density at radius 2 is 2.08 bits per heavy atom. The summed E-state index contributed by atoms with van der Waals surface area (Å²) in [7, 11) is 0.